The van der Waals surface area contributed by atoms with Crippen molar-refractivity contribution >= 4 is 28.1 Å². The summed E-state index contributed by atoms with van der Waals surface area (Å²) >= 11 is 3.41. The maximum atomic E-state index is 13.7. The number of hydrogen-bond acceptors (Lipinski definition) is 3. The smallest absolute Gasteiger partial charge is 0.387 e. The summed E-state index contributed by atoms with van der Waals surface area (Å²) < 4.78 is 29.4. The average molecular weight is 444 g/mol. The van der Waals surface area contributed by atoms with Gasteiger partial charge in [-0.15, -0.1) is 0 Å². The van der Waals surface area contributed by atoms with Crippen LogP contribution in [-0.4, -0.2) is 24.7 Å². The number of halogens is 3. The van der Waals surface area contributed by atoms with Crippen LogP contribution in [0.5, 0.6) is 5.75 Å². The SMILES string of the molecule is CC[N+]([O-])(c1ccc(OC(F)F)cc1)C1(c2ccc(Br)cc2)CC1.O=CO. The monoisotopic (exact) mass is 443 g/mol. The molecule has 0 aromatic heterocycles. The van der Waals surface area contributed by atoms with Gasteiger partial charge in [0.25, 0.3) is 6.47 Å². The first kappa shape index (κ1) is 21.3. The molecule has 1 aliphatic carbocycles. The first-order valence-corrected chi connectivity index (χ1v) is 9.11. The Hall–Kier alpha value is -2.03. The van der Waals surface area contributed by atoms with Crippen molar-refractivity contribution in [3.05, 3.63) is 63.8 Å². The molecule has 1 N–H and O–H groups in total. The van der Waals surface area contributed by atoms with Gasteiger partial charge in [-0.05, 0) is 31.2 Å². The van der Waals surface area contributed by atoms with Gasteiger partial charge < -0.3 is 19.7 Å². The molecule has 1 unspecified atom stereocenters. The molecule has 1 saturated carbocycles. The summed E-state index contributed by atoms with van der Waals surface area (Å²) in [6.45, 7) is -0.897. The molecule has 0 bridgehead atoms. The van der Waals surface area contributed by atoms with Crippen molar-refractivity contribution in [2.45, 2.75) is 31.9 Å². The maximum Gasteiger partial charge on any atom is 0.387 e. The van der Waals surface area contributed by atoms with E-state index in [0.29, 0.717) is 12.2 Å². The fraction of sp³-hybridized carbons (Fsp3) is 0.316. The molecule has 0 heterocycles. The van der Waals surface area contributed by atoms with Gasteiger partial charge in [0.1, 0.15) is 17.0 Å². The van der Waals surface area contributed by atoms with Gasteiger partial charge in [-0.2, -0.15) is 8.78 Å². The zero-order valence-electron chi connectivity index (χ0n) is 14.6. The summed E-state index contributed by atoms with van der Waals surface area (Å²) in [5, 5.41) is 20.6. The molecule has 3 rings (SSSR count). The molecule has 8 heteroatoms. The Morgan fingerprint density at radius 1 is 1.22 bits per heavy atom. The van der Waals surface area contributed by atoms with Gasteiger partial charge in [-0.1, -0.05) is 28.1 Å². The Kier molecular flexibility index (Phi) is 6.91. The minimum absolute atomic E-state index is 0.0601. The van der Waals surface area contributed by atoms with Gasteiger partial charge in [0.05, 0.1) is 6.54 Å². The molecule has 5 nitrogen and oxygen atoms in total. The van der Waals surface area contributed by atoms with E-state index in [-0.39, 0.29) is 12.2 Å². The van der Waals surface area contributed by atoms with Crippen LogP contribution in [0, 0.1) is 5.21 Å². The second-order valence-electron chi connectivity index (χ2n) is 6.07. The molecule has 0 aliphatic heterocycles. The van der Waals surface area contributed by atoms with Gasteiger partial charge in [-0.3, -0.25) is 4.79 Å². The number of rotatable bonds is 6. The second-order valence-corrected chi connectivity index (χ2v) is 6.99. The minimum atomic E-state index is -2.87. The number of carbonyl (C=O) groups is 1. The highest BCUT2D eigenvalue weighted by Crippen LogP contribution is 2.56. The lowest BCUT2D eigenvalue weighted by Gasteiger charge is -2.49. The van der Waals surface area contributed by atoms with E-state index in [4.69, 9.17) is 9.90 Å². The molecule has 1 fully saturated rings. The van der Waals surface area contributed by atoms with E-state index in [9.17, 15) is 14.0 Å². The van der Waals surface area contributed by atoms with Crippen LogP contribution in [0.3, 0.4) is 0 Å². The molecule has 0 saturated heterocycles. The quantitative estimate of drug-likeness (QED) is 0.375. The van der Waals surface area contributed by atoms with Gasteiger partial charge >= 0.3 is 6.61 Å². The molecule has 1 atom stereocenters. The molecule has 1 aliphatic rings. The van der Waals surface area contributed by atoms with Crippen LogP contribution in [0.25, 0.3) is 0 Å². The van der Waals surface area contributed by atoms with Crippen molar-refractivity contribution in [1.29, 1.82) is 0 Å². The molecular weight excluding hydrogens is 424 g/mol. The maximum absolute atomic E-state index is 13.7. The van der Waals surface area contributed by atoms with E-state index in [1.54, 1.807) is 12.1 Å². The highest BCUT2D eigenvalue weighted by molar-refractivity contribution is 9.10. The number of alkyl halides is 2. The standard InChI is InChI=1S/C18H18BrF2NO2.CH2O2/c1-2-22(23,15-7-9-16(10-8-15)24-17(20)21)18(11-12-18)13-3-5-14(19)6-4-13;2-1-3/h3-10,17H,2,11-12H2,1H3;1H,(H,2,3). The van der Waals surface area contributed by atoms with Crippen LogP contribution < -0.4 is 9.38 Å². The van der Waals surface area contributed by atoms with Crippen LogP contribution in [0.2, 0.25) is 0 Å². The molecule has 2 aromatic rings. The van der Waals surface area contributed by atoms with Crippen molar-refractivity contribution in [2.75, 3.05) is 6.54 Å². The lowest BCUT2D eigenvalue weighted by atomic mass is 10.0. The predicted octanol–water partition coefficient (Wildman–Crippen LogP) is 5.27. The number of hydroxylamine groups is 2. The van der Waals surface area contributed by atoms with Crippen molar-refractivity contribution in [1.82, 2.24) is 4.65 Å². The topological polar surface area (TPSA) is 69.6 Å². The minimum Gasteiger partial charge on any atom is -0.627 e. The van der Waals surface area contributed by atoms with Gasteiger partial charge in [0.15, 0.2) is 0 Å². The average Bonchev–Trinajstić information content (AvgIpc) is 3.45. The van der Waals surface area contributed by atoms with E-state index < -0.39 is 16.8 Å². The van der Waals surface area contributed by atoms with Gasteiger partial charge in [0, 0.05) is 35.0 Å². The van der Waals surface area contributed by atoms with E-state index >= 15 is 0 Å². The summed E-state index contributed by atoms with van der Waals surface area (Å²) in [7, 11) is 0. The van der Waals surface area contributed by atoms with E-state index in [0.717, 1.165) is 22.9 Å². The van der Waals surface area contributed by atoms with Crippen molar-refractivity contribution < 1.29 is 23.4 Å². The zero-order chi connectivity index (χ0) is 20.1. The van der Waals surface area contributed by atoms with Crippen molar-refractivity contribution in [3.8, 4) is 5.75 Å². The highest BCUT2D eigenvalue weighted by atomic mass is 79.9. The Morgan fingerprint density at radius 3 is 2.15 bits per heavy atom. The lowest BCUT2D eigenvalue weighted by molar-refractivity contribution is -0.122. The fourth-order valence-corrected chi connectivity index (χ4v) is 3.60. The predicted molar refractivity (Wildman–Crippen MR) is 103 cm³/mol. The van der Waals surface area contributed by atoms with Crippen LogP contribution >= 0.6 is 15.9 Å². The van der Waals surface area contributed by atoms with Crippen LogP contribution in [0.1, 0.15) is 25.3 Å². The summed E-state index contributed by atoms with van der Waals surface area (Å²) in [6.07, 6.45) is 1.61. The third-order valence-electron chi connectivity index (χ3n) is 4.72. The zero-order valence-corrected chi connectivity index (χ0v) is 16.2. The third kappa shape index (κ3) is 4.45. The number of hydrogen-bond donors (Lipinski definition) is 1. The molecule has 27 heavy (non-hydrogen) atoms. The summed E-state index contributed by atoms with van der Waals surface area (Å²) in [5.41, 5.74) is 1.07. The molecule has 2 aromatic carbocycles. The lowest BCUT2D eigenvalue weighted by Crippen LogP contribution is -2.52. The second kappa shape index (κ2) is 8.77. The number of carboxylic acid groups (broad SMARTS) is 1. The fourth-order valence-electron chi connectivity index (χ4n) is 3.34. The highest BCUT2D eigenvalue weighted by Gasteiger charge is 2.57. The van der Waals surface area contributed by atoms with Crippen LogP contribution in [0.15, 0.2) is 53.0 Å². The van der Waals surface area contributed by atoms with Crippen LogP contribution in [-0.2, 0) is 10.3 Å². The largest absolute Gasteiger partial charge is 0.627 e. The number of quaternary nitrogens is 1. The van der Waals surface area contributed by atoms with E-state index in [1.807, 2.05) is 31.2 Å². The van der Waals surface area contributed by atoms with E-state index in [1.165, 1.54) is 12.1 Å². The Labute approximate surface area is 164 Å². The van der Waals surface area contributed by atoms with Gasteiger partial charge in [0.2, 0.25) is 0 Å². The normalized spacial score (nSPS) is 16.7. The third-order valence-corrected chi connectivity index (χ3v) is 5.25. The van der Waals surface area contributed by atoms with Crippen molar-refractivity contribution in [3.63, 3.8) is 0 Å². The number of benzene rings is 2. The summed E-state index contributed by atoms with van der Waals surface area (Å²) in [4.78, 5) is 8.36. The molecule has 146 valence electrons. The summed E-state index contributed by atoms with van der Waals surface area (Å²) in [5.74, 6) is 0.0601. The first-order chi connectivity index (χ1) is 12.8. The first-order valence-electron chi connectivity index (χ1n) is 8.31. The summed E-state index contributed by atoms with van der Waals surface area (Å²) in [6, 6.07) is 13.9. The van der Waals surface area contributed by atoms with Crippen molar-refractivity contribution in [2.24, 2.45) is 0 Å². The molecule has 0 amide bonds. The molecule has 0 radical (unpaired) electrons. The van der Waals surface area contributed by atoms with Gasteiger partial charge in [-0.25, -0.2) is 0 Å². The number of nitrogens with zero attached hydrogens (tertiary/aromatic N) is 1. The number of ether oxygens (including phenoxy) is 1. The Balaban J connectivity index is 0.000000817. The van der Waals surface area contributed by atoms with Crippen LogP contribution in [0.4, 0.5) is 14.5 Å². The Morgan fingerprint density at radius 2 is 1.74 bits per heavy atom. The Bertz CT molecular complexity index is 751. The molecule has 0 spiro atoms. The van der Waals surface area contributed by atoms with E-state index in [2.05, 4.69) is 20.7 Å². The molecular formula is C19H20BrF2NO4.